The van der Waals surface area contributed by atoms with E-state index in [4.69, 9.17) is 0 Å². The van der Waals surface area contributed by atoms with Crippen LogP contribution >= 0.6 is 0 Å². The number of hydrogen-bond donors (Lipinski definition) is 1. The van der Waals surface area contributed by atoms with Gasteiger partial charge in [-0.2, -0.15) is 0 Å². The number of carbonyl (C=O) groups is 1. The largest absolute Gasteiger partial charge is 0.356 e. The molecule has 1 N–H and O–H groups in total. The van der Waals surface area contributed by atoms with E-state index < -0.39 is 0 Å². The molecular weight excluding hydrogens is 344 g/mol. The lowest BCUT2D eigenvalue weighted by atomic mass is 10.0. The van der Waals surface area contributed by atoms with Crippen LogP contribution in [0.4, 0.5) is 5.82 Å². The van der Waals surface area contributed by atoms with Crippen molar-refractivity contribution in [2.75, 3.05) is 24.5 Å². The van der Waals surface area contributed by atoms with E-state index in [0.29, 0.717) is 24.5 Å². The van der Waals surface area contributed by atoms with E-state index in [1.165, 1.54) is 24.6 Å². The smallest absolute Gasteiger partial charge is 0.254 e. The van der Waals surface area contributed by atoms with Crippen molar-refractivity contribution in [2.45, 2.75) is 46.1 Å². The fourth-order valence-corrected chi connectivity index (χ4v) is 3.85. The predicted octanol–water partition coefficient (Wildman–Crippen LogP) is 0.904. The summed E-state index contributed by atoms with van der Waals surface area (Å²) in [5.41, 5.74) is 2.25. The van der Waals surface area contributed by atoms with Crippen LogP contribution in [-0.2, 0) is 24.2 Å². The second-order valence-electron chi connectivity index (χ2n) is 7.28. The highest BCUT2D eigenvalue weighted by Crippen LogP contribution is 2.28. The molecule has 8 heteroatoms. The number of H-pyrrole nitrogens is 1. The third kappa shape index (κ3) is 3.56. The Hall–Kier alpha value is -2.77. The average molecular weight is 368 g/mol. The number of carbonyl (C=O) groups excluding carboxylic acids is 1. The Morgan fingerprint density at radius 3 is 2.70 bits per heavy atom. The van der Waals surface area contributed by atoms with Crippen molar-refractivity contribution in [1.82, 2.24) is 24.8 Å². The molecule has 0 unspecified atom stereocenters. The molecule has 2 aromatic rings. The Bertz CT molecular complexity index is 932. The second kappa shape index (κ2) is 7.09. The molecule has 27 heavy (non-hydrogen) atoms. The fraction of sp³-hybridized carbons (Fsp3) is 0.526. The SMILES string of the molecule is Cc1nc2c(c(N3CCCC3)n1)CCN(C(=O)Cc1cnc(C)[nH]c1=O)C2. The quantitative estimate of drug-likeness (QED) is 0.865. The molecule has 2 aliphatic rings. The van der Waals surface area contributed by atoms with Crippen molar-refractivity contribution in [3.05, 3.63) is 45.0 Å². The highest BCUT2D eigenvalue weighted by atomic mass is 16.2. The lowest BCUT2D eigenvalue weighted by Gasteiger charge is -2.31. The molecule has 0 aromatic carbocycles. The van der Waals surface area contributed by atoms with Gasteiger partial charge in [0.25, 0.3) is 5.56 Å². The monoisotopic (exact) mass is 368 g/mol. The Kier molecular flexibility index (Phi) is 4.63. The minimum atomic E-state index is -0.247. The first-order valence-corrected chi connectivity index (χ1v) is 9.45. The van der Waals surface area contributed by atoms with E-state index >= 15 is 0 Å². The molecule has 1 saturated heterocycles. The van der Waals surface area contributed by atoms with Crippen LogP contribution in [0.15, 0.2) is 11.0 Å². The van der Waals surface area contributed by atoms with Crippen LogP contribution in [0.1, 0.15) is 41.3 Å². The number of amides is 1. The topological polar surface area (TPSA) is 95.1 Å². The summed E-state index contributed by atoms with van der Waals surface area (Å²) in [7, 11) is 0. The van der Waals surface area contributed by atoms with E-state index in [0.717, 1.165) is 36.8 Å². The van der Waals surface area contributed by atoms with Gasteiger partial charge in [-0.25, -0.2) is 15.0 Å². The van der Waals surface area contributed by atoms with Crippen molar-refractivity contribution in [1.29, 1.82) is 0 Å². The Morgan fingerprint density at radius 1 is 1.19 bits per heavy atom. The predicted molar refractivity (Wildman–Crippen MR) is 101 cm³/mol. The Balaban J connectivity index is 1.54. The van der Waals surface area contributed by atoms with Crippen molar-refractivity contribution in [3.8, 4) is 0 Å². The van der Waals surface area contributed by atoms with Crippen molar-refractivity contribution in [3.63, 3.8) is 0 Å². The van der Waals surface area contributed by atoms with Gasteiger partial charge in [-0.05, 0) is 33.1 Å². The molecule has 8 nitrogen and oxygen atoms in total. The zero-order valence-electron chi connectivity index (χ0n) is 15.8. The summed E-state index contributed by atoms with van der Waals surface area (Å²) in [4.78, 5) is 44.9. The summed E-state index contributed by atoms with van der Waals surface area (Å²) in [6, 6.07) is 0. The first-order chi connectivity index (χ1) is 13.0. The number of fused-ring (bicyclic) bond motifs is 1. The number of aryl methyl sites for hydroxylation is 2. The van der Waals surface area contributed by atoms with Gasteiger partial charge < -0.3 is 14.8 Å². The molecule has 0 aliphatic carbocycles. The molecule has 2 aromatic heterocycles. The van der Waals surface area contributed by atoms with Crippen molar-refractivity contribution >= 4 is 11.7 Å². The summed E-state index contributed by atoms with van der Waals surface area (Å²) < 4.78 is 0. The zero-order valence-corrected chi connectivity index (χ0v) is 15.8. The summed E-state index contributed by atoms with van der Waals surface area (Å²) in [5.74, 6) is 2.26. The average Bonchev–Trinajstić information content (AvgIpc) is 3.17. The van der Waals surface area contributed by atoms with E-state index in [1.807, 2.05) is 6.92 Å². The molecule has 2 aliphatic heterocycles. The van der Waals surface area contributed by atoms with Gasteiger partial charge in [0.15, 0.2) is 0 Å². The minimum Gasteiger partial charge on any atom is -0.356 e. The van der Waals surface area contributed by atoms with Gasteiger partial charge in [0.05, 0.1) is 18.7 Å². The Morgan fingerprint density at radius 2 is 1.96 bits per heavy atom. The normalized spacial score (nSPS) is 16.5. The maximum Gasteiger partial charge on any atom is 0.254 e. The number of aromatic nitrogens is 4. The molecular formula is C19H24N6O2. The zero-order chi connectivity index (χ0) is 19.0. The summed E-state index contributed by atoms with van der Waals surface area (Å²) in [6.45, 7) is 6.78. The van der Waals surface area contributed by atoms with Crippen molar-refractivity contribution in [2.24, 2.45) is 0 Å². The number of hydrogen-bond acceptors (Lipinski definition) is 6. The molecule has 0 atom stereocenters. The van der Waals surface area contributed by atoms with Crippen LogP contribution in [0, 0.1) is 13.8 Å². The van der Waals surface area contributed by atoms with Crippen LogP contribution in [0.2, 0.25) is 0 Å². The number of anilines is 1. The van der Waals surface area contributed by atoms with E-state index in [1.54, 1.807) is 11.8 Å². The van der Waals surface area contributed by atoms with Crippen LogP contribution in [0.25, 0.3) is 0 Å². The molecule has 0 spiro atoms. The van der Waals surface area contributed by atoms with Gasteiger partial charge in [-0.3, -0.25) is 9.59 Å². The van der Waals surface area contributed by atoms with Crippen LogP contribution < -0.4 is 10.5 Å². The lowest BCUT2D eigenvalue weighted by molar-refractivity contribution is -0.131. The highest BCUT2D eigenvalue weighted by Gasteiger charge is 2.28. The number of rotatable bonds is 3. The van der Waals surface area contributed by atoms with Gasteiger partial charge in [-0.1, -0.05) is 0 Å². The Labute approximate surface area is 157 Å². The molecule has 1 fully saturated rings. The highest BCUT2D eigenvalue weighted by molar-refractivity contribution is 5.79. The maximum atomic E-state index is 12.7. The molecule has 4 heterocycles. The molecule has 142 valence electrons. The maximum absolute atomic E-state index is 12.7. The van der Waals surface area contributed by atoms with Gasteiger partial charge in [-0.15, -0.1) is 0 Å². The third-order valence-corrected chi connectivity index (χ3v) is 5.26. The molecule has 4 rings (SSSR count). The van der Waals surface area contributed by atoms with Gasteiger partial charge in [0.2, 0.25) is 5.91 Å². The standard InChI is InChI=1S/C19H24N6O2/c1-12-20-10-14(19(27)23-12)9-17(26)25-8-5-15-16(11-25)21-13(2)22-18(15)24-6-3-4-7-24/h10H,3-9,11H2,1-2H3,(H,20,23,27). The first-order valence-electron chi connectivity index (χ1n) is 9.45. The lowest BCUT2D eigenvalue weighted by Crippen LogP contribution is -2.39. The third-order valence-electron chi connectivity index (χ3n) is 5.26. The van der Waals surface area contributed by atoms with Crippen LogP contribution in [-0.4, -0.2) is 50.4 Å². The van der Waals surface area contributed by atoms with Gasteiger partial charge in [0.1, 0.15) is 17.5 Å². The van der Waals surface area contributed by atoms with E-state index in [-0.39, 0.29) is 17.9 Å². The van der Waals surface area contributed by atoms with E-state index in [9.17, 15) is 9.59 Å². The number of nitrogens with one attached hydrogen (secondary N) is 1. The minimum absolute atomic E-state index is 0.0565. The van der Waals surface area contributed by atoms with Gasteiger partial charge in [0, 0.05) is 37.0 Å². The summed E-state index contributed by atoms with van der Waals surface area (Å²) in [5, 5.41) is 0. The molecule has 1 amide bonds. The van der Waals surface area contributed by atoms with Crippen LogP contribution in [0.5, 0.6) is 0 Å². The number of nitrogens with zero attached hydrogens (tertiary/aromatic N) is 5. The second-order valence-corrected chi connectivity index (χ2v) is 7.28. The fourth-order valence-electron chi connectivity index (χ4n) is 3.85. The molecule has 0 bridgehead atoms. The van der Waals surface area contributed by atoms with Gasteiger partial charge >= 0.3 is 0 Å². The summed E-state index contributed by atoms with van der Waals surface area (Å²) in [6.07, 6.45) is 4.68. The van der Waals surface area contributed by atoms with Crippen molar-refractivity contribution < 1.29 is 4.79 Å². The van der Waals surface area contributed by atoms with Crippen LogP contribution in [0.3, 0.4) is 0 Å². The molecule has 0 saturated carbocycles. The molecule has 0 radical (unpaired) electrons. The first kappa shape index (κ1) is 17.6. The summed E-state index contributed by atoms with van der Waals surface area (Å²) >= 11 is 0. The van der Waals surface area contributed by atoms with E-state index in [2.05, 4.69) is 24.8 Å². The number of aromatic amines is 1.